The molecule has 2 aromatic rings. The third-order valence-electron chi connectivity index (χ3n) is 10.5. The fourth-order valence-electron chi connectivity index (χ4n) is 4.98. The minimum absolute atomic E-state index is 0.00276. The van der Waals surface area contributed by atoms with Crippen LogP contribution in [-0.4, -0.2) is 76.7 Å². The standard InChI is InChI=1S/C37H60N4O9S2Si2/c1-16-18-46-33(42)28-24(7)29(45-13)31(50-54(15)37(11,12)23(5)6)30(49-53(14)36(9,10)22(3)4)26(28)20-52-21-27(32-38-25(8)40-48-32)41(51)34(43)39-35(44)47-19-17-2/h16-17,22-23,27,51,53-54H,1-2,18-21H2,3-15H3,(H,39,43,44). The highest BCUT2D eigenvalue weighted by Crippen LogP contribution is 2.51. The van der Waals surface area contributed by atoms with Crippen molar-refractivity contribution >= 4 is 60.8 Å². The number of nitrogens with zero attached hydrogens (tertiary/aromatic N) is 3. The van der Waals surface area contributed by atoms with Crippen molar-refractivity contribution in [1.82, 2.24) is 19.8 Å². The summed E-state index contributed by atoms with van der Waals surface area (Å²) in [6, 6.07) is -1.78. The topological polar surface area (TPSA) is 152 Å². The summed E-state index contributed by atoms with van der Waals surface area (Å²) in [7, 11) is -2.54. The molecule has 2 rings (SSSR count). The van der Waals surface area contributed by atoms with Crippen LogP contribution in [0.1, 0.15) is 94.6 Å². The number of ether oxygens (including phenoxy) is 3. The van der Waals surface area contributed by atoms with Gasteiger partial charge in [-0.25, -0.2) is 19.7 Å². The van der Waals surface area contributed by atoms with Gasteiger partial charge < -0.3 is 27.6 Å². The van der Waals surface area contributed by atoms with Gasteiger partial charge in [-0.1, -0.05) is 98.7 Å². The maximum absolute atomic E-state index is 14.0. The molecule has 0 fully saturated rings. The second-order valence-electron chi connectivity index (χ2n) is 14.9. The molecule has 0 aliphatic rings. The highest BCUT2D eigenvalue weighted by atomic mass is 32.2. The van der Waals surface area contributed by atoms with Gasteiger partial charge in [0, 0.05) is 22.6 Å². The van der Waals surface area contributed by atoms with Crippen molar-refractivity contribution < 1.29 is 42.0 Å². The molecule has 17 heteroatoms. The molecule has 3 unspecified atom stereocenters. The van der Waals surface area contributed by atoms with Gasteiger partial charge in [-0.05, 0) is 48.9 Å². The molecule has 54 heavy (non-hydrogen) atoms. The van der Waals surface area contributed by atoms with Crippen molar-refractivity contribution in [3.8, 4) is 17.2 Å². The number of carbonyl (C=O) groups is 3. The Balaban J connectivity index is 2.83. The maximum Gasteiger partial charge on any atom is 0.415 e. The number of aryl methyl sites for hydroxylation is 1. The zero-order valence-corrected chi connectivity index (χ0v) is 38.2. The number of rotatable bonds is 20. The predicted octanol–water partition coefficient (Wildman–Crippen LogP) is 8.53. The molecule has 3 amide bonds. The molecule has 0 spiro atoms. The molecule has 0 aliphatic heterocycles. The second kappa shape index (κ2) is 20.5. The summed E-state index contributed by atoms with van der Waals surface area (Å²) in [5.41, 5.74) is 1.40. The summed E-state index contributed by atoms with van der Waals surface area (Å²) >= 11 is 5.79. The van der Waals surface area contributed by atoms with Crippen LogP contribution in [0, 0.1) is 25.7 Å². The number of imide groups is 1. The third kappa shape index (κ3) is 11.6. The van der Waals surface area contributed by atoms with Crippen molar-refractivity contribution in [3.63, 3.8) is 0 Å². The van der Waals surface area contributed by atoms with E-state index >= 15 is 0 Å². The van der Waals surface area contributed by atoms with Crippen LogP contribution in [0.15, 0.2) is 29.8 Å². The lowest BCUT2D eigenvalue weighted by atomic mass is 9.99. The molecular weight excluding hydrogens is 765 g/mol. The number of hydrogen-bond acceptors (Lipinski definition) is 13. The van der Waals surface area contributed by atoms with Crippen molar-refractivity contribution in [2.24, 2.45) is 11.8 Å². The summed E-state index contributed by atoms with van der Waals surface area (Å²) in [6.45, 7) is 32.4. The van der Waals surface area contributed by atoms with E-state index in [-0.39, 0.29) is 40.7 Å². The lowest BCUT2D eigenvalue weighted by Gasteiger charge is -2.38. The Kier molecular flexibility index (Phi) is 17.7. The van der Waals surface area contributed by atoms with Gasteiger partial charge in [0.25, 0.3) is 5.89 Å². The molecule has 13 nitrogen and oxygen atoms in total. The Morgan fingerprint density at radius 3 is 1.96 bits per heavy atom. The molecule has 0 saturated carbocycles. The van der Waals surface area contributed by atoms with Crippen LogP contribution in [0.4, 0.5) is 9.59 Å². The fraction of sp³-hybridized carbons (Fsp3) is 0.595. The van der Waals surface area contributed by atoms with Crippen molar-refractivity contribution in [2.75, 3.05) is 26.1 Å². The van der Waals surface area contributed by atoms with Crippen LogP contribution < -0.4 is 18.9 Å². The number of amides is 3. The van der Waals surface area contributed by atoms with Gasteiger partial charge in [-0.3, -0.25) is 4.31 Å². The number of thiol groups is 1. The van der Waals surface area contributed by atoms with Crippen molar-refractivity contribution in [2.45, 2.75) is 104 Å². The Labute approximate surface area is 334 Å². The number of hydrogen-bond donors (Lipinski definition) is 2. The first-order valence-electron chi connectivity index (χ1n) is 18.0. The quantitative estimate of drug-likeness (QED) is 0.0570. The normalized spacial score (nSPS) is 13.5. The van der Waals surface area contributed by atoms with Gasteiger partial charge in [-0.15, -0.1) is 0 Å². The van der Waals surface area contributed by atoms with E-state index in [0.717, 1.165) is 4.31 Å². The number of urea groups is 1. The first-order valence-corrected chi connectivity index (χ1v) is 23.9. The number of carbonyl (C=O) groups excluding carboxylic acids is 3. The number of benzene rings is 1. The zero-order chi connectivity index (χ0) is 41.1. The molecule has 0 saturated heterocycles. The van der Waals surface area contributed by atoms with E-state index in [2.05, 4.69) is 110 Å². The number of esters is 1. The average Bonchev–Trinajstić information content (AvgIpc) is 3.54. The minimum Gasteiger partial charge on any atom is -0.543 e. The number of thioether (sulfide) groups is 1. The highest BCUT2D eigenvalue weighted by Gasteiger charge is 2.40. The number of nitrogens with one attached hydrogen (secondary N) is 1. The Morgan fingerprint density at radius 2 is 1.48 bits per heavy atom. The number of aromatic nitrogens is 2. The molecule has 0 radical (unpaired) electrons. The largest absolute Gasteiger partial charge is 0.543 e. The van der Waals surface area contributed by atoms with Gasteiger partial charge in [0.15, 0.2) is 23.1 Å². The van der Waals surface area contributed by atoms with Crippen molar-refractivity contribution in [3.05, 3.63) is 53.7 Å². The summed E-state index contributed by atoms with van der Waals surface area (Å²) in [5, 5.41) is 5.76. The van der Waals surface area contributed by atoms with E-state index in [1.54, 1.807) is 14.0 Å². The van der Waals surface area contributed by atoms with Crippen LogP contribution >= 0.6 is 24.6 Å². The highest BCUT2D eigenvalue weighted by molar-refractivity contribution is 7.98. The van der Waals surface area contributed by atoms with Crippen molar-refractivity contribution in [1.29, 1.82) is 0 Å². The third-order valence-corrected chi connectivity index (χ3v) is 18.7. The van der Waals surface area contributed by atoms with E-state index in [9.17, 15) is 14.4 Å². The van der Waals surface area contributed by atoms with Gasteiger partial charge in [0.1, 0.15) is 19.3 Å². The molecule has 0 aliphatic carbocycles. The van der Waals surface area contributed by atoms with E-state index < -0.39 is 42.2 Å². The van der Waals surface area contributed by atoms with Crippen LogP contribution in [-0.2, 0) is 15.2 Å². The summed E-state index contributed by atoms with van der Waals surface area (Å²) in [5.74, 6) is 2.19. The number of alkyl carbamates (subject to hydrolysis) is 1. The molecule has 3 atom stereocenters. The zero-order valence-electron chi connectivity index (χ0n) is 34.2. The molecule has 1 heterocycles. The van der Waals surface area contributed by atoms with E-state index in [1.165, 1.54) is 23.9 Å². The van der Waals surface area contributed by atoms with Crippen LogP contribution in [0.2, 0.25) is 23.2 Å². The second-order valence-corrected chi connectivity index (χ2v) is 22.4. The number of methoxy groups -OCH3 is 1. The molecular formula is C37H60N4O9S2Si2. The molecule has 1 aromatic heterocycles. The lowest BCUT2D eigenvalue weighted by Crippen LogP contribution is -2.41. The Bertz CT molecular complexity index is 1630. The van der Waals surface area contributed by atoms with Gasteiger partial charge in [0.2, 0.25) is 18.1 Å². The molecule has 0 bridgehead atoms. The monoisotopic (exact) mass is 824 g/mol. The predicted molar refractivity (Wildman–Crippen MR) is 222 cm³/mol. The van der Waals surface area contributed by atoms with E-state index in [1.807, 2.05) is 6.92 Å². The average molecular weight is 825 g/mol. The van der Waals surface area contributed by atoms with Gasteiger partial charge in [-0.2, -0.15) is 16.7 Å². The first-order chi connectivity index (χ1) is 25.2. The fourth-order valence-corrected chi connectivity index (χ4v) is 10.1. The lowest BCUT2D eigenvalue weighted by molar-refractivity contribution is 0.0547. The summed E-state index contributed by atoms with van der Waals surface area (Å²) < 4.78 is 37.2. The molecule has 1 aromatic carbocycles. The smallest absolute Gasteiger partial charge is 0.415 e. The van der Waals surface area contributed by atoms with Gasteiger partial charge >= 0.3 is 18.1 Å². The SMILES string of the molecule is C=CCOC(=O)NC(=O)N(S)C(CSCc1c(O[SiH](C)C(C)(C)C(C)C)c(O[SiH](C)C(C)(C)C(C)C)c(OC)c(C)c1C(=O)OCC=C)c1nc(C)no1. The minimum atomic E-state index is -2.09. The molecule has 302 valence electrons. The van der Waals surface area contributed by atoms with Crippen LogP contribution in [0.3, 0.4) is 0 Å². The van der Waals surface area contributed by atoms with Crippen LogP contribution in [0.5, 0.6) is 17.2 Å². The first kappa shape index (κ1) is 46.7. The van der Waals surface area contributed by atoms with E-state index in [0.29, 0.717) is 51.6 Å². The Hall–Kier alpha value is -3.42. The van der Waals surface area contributed by atoms with Gasteiger partial charge in [0.05, 0.1) is 12.7 Å². The summed E-state index contributed by atoms with van der Waals surface area (Å²) in [4.78, 5) is 43.6. The van der Waals surface area contributed by atoms with E-state index in [4.69, 9.17) is 27.6 Å². The molecule has 1 N–H and O–H groups in total. The van der Waals surface area contributed by atoms with Crippen LogP contribution in [0.25, 0.3) is 0 Å². The maximum atomic E-state index is 14.0. The summed E-state index contributed by atoms with van der Waals surface area (Å²) in [6.07, 6.45) is 1.91. The Morgan fingerprint density at radius 1 is 0.944 bits per heavy atom.